The molecule has 0 radical (unpaired) electrons. The Hall–Kier alpha value is -1.06. The van der Waals surface area contributed by atoms with Crippen LogP contribution in [0.25, 0.3) is 0 Å². The average Bonchev–Trinajstić information content (AvgIpc) is 2.97. The van der Waals surface area contributed by atoms with Crippen LogP contribution in [0.5, 0.6) is 0 Å². The third kappa shape index (κ3) is 3.53. The molecule has 2 rings (SSSR count). The molecule has 112 valence electrons. The summed E-state index contributed by atoms with van der Waals surface area (Å²) < 4.78 is 28.2. The van der Waals surface area contributed by atoms with Crippen LogP contribution < -0.4 is 4.72 Å². The molecule has 9 heteroatoms. The molecule has 0 aliphatic heterocycles. The van der Waals surface area contributed by atoms with Crippen LogP contribution in [0.15, 0.2) is 17.3 Å². The van der Waals surface area contributed by atoms with Gasteiger partial charge in [0.15, 0.2) is 0 Å². The van der Waals surface area contributed by atoms with Gasteiger partial charge in [-0.05, 0) is 19.1 Å². The van der Waals surface area contributed by atoms with Crippen molar-refractivity contribution in [2.45, 2.75) is 42.0 Å². The molecule has 7 nitrogen and oxygen atoms in total. The molecule has 0 spiro atoms. The number of thioether (sulfide) groups is 1. The number of aliphatic carboxylic acids is 1. The third-order valence-electron chi connectivity index (χ3n) is 3.28. The van der Waals surface area contributed by atoms with E-state index in [1.54, 1.807) is 11.8 Å². The van der Waals surface area contributed by atoms with Crippen molar-refractivity contribution in [3.8, 4) is 0 Å². The fourth-order valence-corrected chi connectivity index (χ4v) is 4.60. The topological polar surface area (TPSA) is 101 Å². The number of hydrogen-bond acceptors (Lipinski definition) is 5. The minimum atomic E-state index is -3.64. The number of aromatic nitrogens is 2. The summed E-state index contributed by atoms with van der Waals surface area (Å²) >= 11 is 1.66. The molecule has 1 aromatic rings. The summed E-state index contributed by atoms with van der Waals surface area (Å²) in [6, 6.07) is -0.0715. The van der Waals surface area contributed by atoms with Crippen molar-refractivity contribution in [3.63, 3.8) is 0 Å². The van der Waals surface area contributed by atoms with Gasteiger partial charge < -0.3 is 5.11 Å². The molecule has 2 unspecified atom stereocenters. The molecule has 0 amide bonds. The molecule has 0 saturated heterocycles. The molecule has 0 aromatic carbocycles. The molecule has 1 heterocycles. The van der Waals surface area contributed by atoms with Gasteiger partial charge in [-0.25, -0.2) is 13.1 Å². The molecular weight excluding hydrogens is 302 g/mol. The maximum Gasteiger partial charge on any atom is 0.325 e. The van der Waals surface area contributed by atoms with Crippen molar-refractivity contribution in [2.24, 2.45) is 0 Å². The molecule has 1 fully saturated rings. The van der Waals surface area contributed by atoms with Gasteiger partial charge >= 0.3 is 5.97 Å². The van der Waals surface area contributed by atoms with Gasteiger partial charge in [0.05, 0.1) is 6.20 Å². The normalized spacial score (nSPS) is 23.1. The lowest BCUT2D eigenvalue weighted by atomic mass is 10.3. The molecular formula is C11H17N3O4S2. The van der Waals surface area contributed by atoms with E-state index in [9.17, 15) is 13.2 Å². The van der Waals surface area contributed by atoms with E-state index >= 15 is 0 Å². The van der Waals surface area contributed by atoms with Gasteiger partial charge in [0, 0.05) is 17.5 Å². The zero-order valence-electron chi connectivity index (χ0n) is 11.0. The number of nitrogens with one attached hydrogen (secondary N) is 1. The summed E-state index contributed by atoms with van der Waals surface area (Å²) in [5, 5.41) is 12.7. The van der Waals surface area contributed by atoms with Gasteiger partial charge in [-0.2, -0.15) is 16.9 Å². The first kappa shape index (κ1) is 15.3. The fraction of sp³-hybridized carbons (Fsp3) is 0.636. The van der Waals surface area contributed by atoms with Crippen LogP contribution >= 0.6 is 11.8 Å². The van der Waals surface area contributed by atoms with E-state index in [1.165, 1.54) is 12.4 Å². The van der Waals surface area contributed by atoms with Gasteiger partial charge in [0.2, 0.25) is 10.0 Å². The van der Waals surface area contributed by atoms with Crippen LogP contribution in [0.4, 0.5) is 0 Å². The smallest absolute Gasteiger partial charge is 0.325 e. The lowest BCUT2D eigenvalue weighted by Gasteiger charge is -2.18. The Balaban J connectivity index is 2.10. The minimum absolute atomic E-state index is 0.00510. The largest absolute Gasteiger partial charge is 0.480 e. The first-order valence-electron chi connectivity index (χ1n) is 6.22. The number of sulfonamides is 1. The minimum Gasteiger partial charge on any atom is -0.480 e. The number of rotatable bonds is 6. The highest BCUT2D eigenvalue weighted by molar-refractivity contribution is 7.99. The second kappa shape index (κ2) is 6.15. The van der Waals surface area contributed by atoms with Gasteiger partial charge in [-0.1, -0.05) is 6.42 Å². The number of hydrogen-bond donors (Lipinski definition) is 2. The van der Waals surface area contributed by atoms with Crippen molar-refractivity contribution < 1.29 is 18.3 Å². The van der Waals surface area contributed by atoms with Gasteiger partial charge in [-0.3, -0.25) is 9.48 Å². The average molecular weight is 319 g/mol. The predicted octanol–water partition coefficient (Wildman–Crippen LogP) is 0.530. The molecule has 0 bridgehead atoms. The molecule has 1 aromatic heterocycles. The monoisotopic (exact) mass is 319 g/mol. The summed E-state index contributed by atoms with van der Waals surface area (Å²) in [6.45, 7) is -0.355. The van der Waals surface area contributed by atoms with Crippen molar-refractivity contribution in [1.82, 2.24) is 14.5 Å². The van der Waals surface area contributed by atoms with E-state index in [1.807, 2.05) is 6.26 Å². The molecule has 1 aliphatic rings. The van der Waals surface area contributed by atoms with Crippen LogP contribution in [0.1, 0.15) is 19.3 Å². The lowest BCUT2D eigenvalue weighted by Crippen LogP contribution is -2.38. The molecule has 20 heavy (non-hydrogen) atoms. The summed E-state index contributed by atoms with van der Waals surface area (Å²) in [7, 11) is -3.64. The van der Waals surface area contributed by atoms with Crippen molar-refractivity contribution >= 4 is 27.8 Å². The van der Waals surface area contributed by atoms with E-state index in [0.29, 0.717) is 5.25 Å². The Bertz CT molecular complexity index is 584. The number of carbonyl (C=O) groups is 1. The standard InChI is InChI=1S/C11H17N3O4S2/c1-19-10-4-2-3-9(10)13-20(17,18)8-5-12-14(6-8)7-11(15)16/h5-6,9-10,13H,2-4,7H2,1H3,(H,15,16). The van der Waals surface area contributed by atoms with Crippen LogP contribution in [0.2, 0.25) is 0 Å². The Morgan fingerprint density at radius 1 is 1.60 bits per heavy atom. The summed E-state index contributed by atoms with van der Waals surface area (Å²) in [4.78, 5) is 10.6. The van der Waals surface area contributed by atoms with Crippen LogP contribution in [-0.4, -0.2) is 46.8 Å². The van der Waals surface area contributed by atoms with E-state index in [4.69, 9.17) is 5.11 Å². The van der Waals surface area contributed by atoms with Crippen molar-refractivity contribution in [2.75, 3.05) is 6.26 Å². The Kier molecular flexibility index (Phi) is 4.71. The highest BCUT2D eigenvalue weighted by atomic mass is 32.2. The Morgan fingerprint density at radius 2 is 2.35 bits per heavy atom. The van der Waals surface area contributed by atoms with Gasteiger partial charge in [0.25, 0.3) is 0 Å². The van der Waals surface area contributed by atoms with Crippen LogP contribution in [0, 0.1) is 0 Å². The quantitative estimate of drug-likeness (QED) is 0.793. The second-order valence-corrected chi connectivity index (χ2v) is 7.49. The number of carboxylic acids is 1. The maximum absolute atomic E-state index is 12.2. The first-order chi connectivity index (χ1) is 9.42. The van der Waals surface area contributed by atoms with Crippen LogP contribution in [-0.2, 0) is 21.4 Å². The van der Waals surface area contributed by atoms with Crippen LogP contribution in [0.3, 0.4) is 0 Å². The zero-order chi connectivity index (χ0) is 14.8. The molecule has 1 saturated carbocycles. The lowest BCUT2D eigenvalue weighted by molar-refractivity contribution is -0.137. The second-order valence-electron chi connectivity index (χ2n) is 4.70. The summed E-state index contributed by atoms with van der Waals surface area (Å²) in [5.74, 6) is -1.07. The SMILES string of the molecule is CSC1CCCC1NS(=O)(=O)c1cnn(CC(=O)O)c1. The molecule has 2 N–H and O–H groups in total. The van der Waals surface area contributed by atoms with Gasteiger partial charge in [-0.15, -0.1) is 0 Å². The molecule has 2 atom stereocenters. The van der Waals surface area contributed by atoms with Gasteiger partial charge in [0.1, 0.15) is 11.4 Å². The maximum atomic E-state index is 12.2. The Labute approximate surface area is 121 Å². The highest BCUT2D eigenvalue weighted by Gasteiger charge is 2.31. The van der Waals surface area contributed by atoms with E-state index in [2.05, 4.69) is 9.82 Å². The highest BCUT2D eigenvalue weighted by Crippen LogP contribution is 2.29. The Morgan fingerprint density at radius 3 is 3.00 bits per heavy atom. The third-order valence-corrected chi connectivity index (χ3v) is 5.89. The summed E-state index contributed by atoms with van der Waals surface area (Å²) in [5.41, 5.74) is 0. The predicted molar refractivity (Wildman–Crippen MR) is 75.1 cm³/mol. The summed E-state index contributed by atoms with van der Waals surface area (Å²) in [6.07, 6.45) is 7.23. The first-order valence-corrected chi connectivity index (χ1v) is 8.99. The molecule has 1 aliphatic carbocycles. The van der Waals surface area contributed by atoms with E-state index in [-0.39, 0.29) is 17.5 Å². The number of carboxylic acid groups (broad SMARTS) is 1. The van der Waals surface area contributed by atoms with E-state index < -0.39 is 16.0 Å². The van der Waals surface area contributed by atoms with Crippen molar-refractivity contribution in [1.29, 1.82) is 0 Å². The zero-order valence-corrected chi connectivity index (χ0v) is 12.7. The fourth-order valence-electron chi connectivity index (χ4n) is 2.32. The number of nitrogens with zero attached hydrogens (tertiary/aromatic N) is 2. The van der Waals surface area contributed by atoms with E-state index in [0.717, 1.165) is 23.9 Å². The van der Waals surface area contributed by atoms with Crippen molar-refractivity contribution in [3.05, 3.63) is 12.4 Å².